The first-order valence-electron chi connectivity index (χ1n) is 7.59. The molecule has 124 valence electrons. The summed E-state index contributed by atoms with van der Waals surface area (Å²) in [5.74, 6) is -0.0207. The average molecular weight is 318 g/mol. The van der Waals surface area contributed by atoms with Crippen molar-refractivity contribution < 1.29 is 19.1 Å². The molecule has 0 bridgehead atoms. The zero-order chi connectivity index (χ0) is 17.1. The van der Waals surface area contributed by atoms with Crippen LogP contribution in [0.1, 0.15) is 32.6 Å². The van der Waals surface area contributed by atoms with Gasteiger partial charge in [0.15, 0.2) is 0 Å². The molecule has 0 saturated carbocycles. The predicted octanol–water partition coefficient (Wildman–Crippen LogP) is 2.68. The van der Waals surface area contributed by atoms with Gasteiger partial charge in [-0.15, -0.1) is 0 Å². The highest BCUT2D eigenvalue weighted by atomic mass is 16.5. The van der Waals surface area contributed by atoms with Crippen LogP contribution in [-0.4, -0.2) is 32.1 Å². The first kappa shape index (κ1) is 18.5. The molecule has 1 rings (SSSR count). The molecule has 0 aromatic heterocycles. The highest BCUT2D eigenvalue weighted by molar-refractivity contribution is 5.95. The molecule has 6 nitrogen and oxygen atoms in total. The van der Waals surface area contributed by atoms with E-state index in [0.29, 0.717) is 12.3 Å². The second kappa shape index (κ2) is 10.2. The van der Waals surface area contributed by atoms with Crippen molar-refractivity contribution in [2.75, 3.05) is 25.2 Å². The van der Waals surface area contributed by atoms with Crippen LogP contribution in [0.5, 0.6) is 5.75 Å². The van der Waals surface area contributed by atoms with E-state index in [9.17, 15) is 9.59 Å². The molecule has 23 heavy (non-hydrogen) atoms. The summed E-state index contributed by atoms with van der Waals surface area (Å²) in [5, 5.41) is 8.91. The van der Waals surface area contributed by atoms with Crippen LogP contribution in [0.15, 0.2) is 24.3 Å². The lowest BCUT2D eigenvalue weighted by molar-refractivity contribution is -0.141. The van der Waals surface area contributed by atoms with E-state index in [0.717, 1.165) is 18.6 Å². The van der Waals surface area contributed by atoms with Crippen molar-refractivity contribution in [2.45, 2.75) is 32.6 Å². The summed E-state index contributed by atoms with van der Waals surface area (Å²) in [7, 11) is 1.27. The largest absolute Gasteiger partial charge is 0.494 e. The van der Waals surface area contributed by atoms with E-state index in [2.05, 4.69) is 11.7 Å². The Morgan fingerprint density at radius 3 is 2.48 bits per heavy atom. The molecule has 0 unspecified atom stereocenters. The molecule has 0 aliphatic heterocycles. The lowest BCUT2D eigenvalue weighted by Gasteiger charge is -2.20. The predicted molar refractivity (Wildman–Crippen MR) is 86.1 cm³/mol. The molecular weight excluding hydrogens is 296 g/mol. The SMILES string of the molecule is CCCCOc1ccc(N(CC#N)C(=O)CCC(=O)OC)cc1. The van der Waals surface area contributed by atoms with Crippen molar-refractivity contribution in [3.05, 3.63) is 24.3 Å². The minimum absolute atomic E-state index is 0.00308. The zero-order valence-corrected chi connectivity index (χ0v) is 13.6. The van der Waals surface area contributed by atoms with Crippen LogP contribution < -0.4 is 9.64 Å². The fourth-order valence-electron chi connectivity index (χ4n) is 1.90. The van der Waals surface area contributed by atoms with Gasteiger partial charge in [-0.1, -0.05) is 13.3 Å². The first-order chi connectivity index (χ1) is 11.1. The molecule has 1 aromatic rings. The number of anilines is 1. The van der Waals surface area contributed by atoms with E-state index in [1.165, 1.54) is 12.0 Å². The maximum Gasteiger partial charge on any atom is 0.306 e. The molecule has 0 heterocycles. The zero-order valence-electron chi connectivity index (χ0n) is 13.6. The molecule has 6 heteroatoms. The molecule has 0 spiro atoms. The fraction of sp³-hybridized carbons (Fsp3) is 0.471. The Hall–Kier alpha value is -2.55. The molecule has 0 radical (unpaired) electrons. The van der Waals surface area contributed by atoms with Gasteiger partial charge in [0, 0.05) is 12.1 Å². The summed E-state index contributed by atoms with van der Waals surface area (Å²) in [6.45, 7) is 2.66. The monoisotopic (exact) mass is 318 g/mol. The quantitative estimate of drug-likeness (QED) is 0.397. The van der Waals surface area contributed by atoms with Crippen molar-refractivity contribution in [2.24, 2.45) is 0 Å². The number of unbranched alkanes of at least 4 members (excludes halogenated alkanes) is 1. The van der Waals surface area contributed by atoms with E-state index in [-0.39, 0.29) is 25.3 Å². The van der Waals surface area contributed by atoms with Crippen LogP contribution in [0.4, 0.5) is 5.69 Å². The Labute approximate surface area is 136 Å². The van der Waals surface area contributed by atoms with Gasteiger partial charge in [-0.2, -0.15) is 5.26 Å². The number of carbonyl (C=O) groups is 2. The summed E-state index contributed by atoms with van der Waals surface area (Å²) in [4.78, 5) is 24.7. The summed E-state index contributed by atoms with van der Waals surface area (Å²) in [5.41, 5.74) is 0.601. The van der Waals surface area contributed by atoms with Gasteiger partial charge in [-0.05, 0) is 30.7 Å². The van der Waals surface area contributed by atoms with E-state index in [4.69, 9.17) is 10.00 Å². The van der Waals surface area contributed by atoms with Gasteiger partial charge in [0.1, 0.15) is 12.3 Å². The van der Waals surface area contributed by atoms with Crippen molar-refractivity contribution >= 4 is 17.6 Å². The Morgan fingerprint density at radius 1 is 1.22 bits per heavy atom. The minimum Gasteiger partial charge on any atom is -0.494 e. The third kappa shape index (κ3) is 6.39. The number of benzene rings is 1. The lowest BCUT2D eigenvalue weighted by atomic mass is 10.2. The molecule has 0 saturated heterocycles. The Kier molecular flexibility index (Phi) is 8.22. The topological polar surface area (TPSA) is 79.6 Å². The van der Waals surface area contributed by atoms with E-state index < -0.39 is 5.97 Å². The Balaban J connectivity index is 2.71. The third-order valence-corrected chi connectivity index (χ3v) is 3.22. The van der Waals surface area contributed by atoms with E-state index in [1.807, 2.05) is 6.07 Å². The normalized spacial score (nSPS) is 9.78. The van der Waals surface area contributed by atoms with Gasteiger partial charge in [0.2, 0.25) is 5.91 Å². The fourth-order valence-corrected chi connectivity index (χ4v) is 1.90. The van der Waals surface area contributed by atoms with Gasteiger partial charge in [-0.3, -0.25) is 14.5 Å². The number of ether oxygens (including phenoxy) is 2. The van der Waals surface area contributed by atoms with Crippen molar-refractivity contribution in [3.63, 3.8) is 0 Å². The van der Waals surface area contributed by atoms with Crippen LogP contribution in [0.25, 0.3) is 0 Å². The standard InChI is InChI=1S/C17H22N2O4/c1-3-4-13-23-15-7-5-14(6-8-15)19(12-11-18)16(20)9-10-17(21)22-2/h5-8H,3-4,9-10,12-13H2,1-2H3. The van der Waals surface area contributed by atoms with Crippen molar-refractivity contribution in [3.8, 4) is 11.8 Å². The number of carbonyl (C=O) groups excluding carboxylic acids is 2. The molecule has 1 amide bonds. The van der Waals surface area contributed by atoms with Crippen LogP contribution in [0.2, 0.25) is 0 Å². The Morgan fingerprint density at radius 2 is 1.91 bits per heavy atom. The summed E-state index contributed by atoms with van der Waals surface area (Å²) >= 11 is 0. The van der Waals surface area contributed by atoms with Gasteiger partial charge in [-0.25, -0.2) is 0 Å². The van der Waals surface area contributed by atoms with Gasteiger partial charge in [0.25, 0.3) is 0 Å². The molecule has 0 atom stereocenters. The first-order valence-corrected chi connectivity index (χ1v) is 7.59. The van der Waals surface area contributed by atoms with Gasteiger partial charge in [0.05, 0.1) is 26.2 Å². The number of nitriles is 1. The lowest BCUT2D eigenvalue weighted by Crippen LogP contribution is -2.31. The van der Waals surface area contributed by atoms with Crippen molar-refractivity contribution in [1.29, 1.82) is 5.26 Å². The number of nitrogens with zero attached hydrogens (tertiary/aromatic N) is 2. The number of hydrogen-bond donors (Lipinski definition) is 0. The van der Waals surface area contributed by atoms with Crippen LogP contribution >= 0.6 is 0 Å². The molecule has 0 N–H and O–H groups in total. The second-order valence-electron chi connectivity index (χ2n) is 4.91. The Bertz CT molecular complexity index is 549. The maximum atomic E-state index is 12.2. The van der Waals surface area contributed by atoms with Crippen LogP contribution in [0, 0.1) is 11.3 Å². The minimum atomic E-state index is -0.449. The van der Waals surface area contributed by atoms with E-state index in [1.54, 1.807) is 24.3 Å². The summed E-state index contributed by atoms with van der Waals surface area (Å²) in [6, 6.07) is 8.96. The number of esters is 1. The molecular formula is C17H22N2O4. The average Bonchev–Trinajstić information content (AvgIpc) is 2.58. The van der Waals surface area contributed by atoms with Crippen molar-refractivity contribution in [1.82, 2.24) is 0 Å². The summed E-state index contributed by atoms with van der Waals surface area (Å²) < 4.78 is 10.1. The number of rotatable bonds is 9. The smallest absolute Gasteiger partial charge is 0.306 e. The van der Waals surface area contributed by atoms with E-state index >= 15 is 0 Å². The maximum absolute atomic E-state index is 12.2. The second-order valence-corrected chi connectivity index (χ2v) is 4.91. The van der Waals surface area contributed by atoms with Gasteiger partial charge < -0.3 is 9.47 Å². The number of methoxy groups -OCH3 is 1. The highest BCUT2D eigenvalue weighted by Crippen LogP contribution is 2.20. The molecule has 1 aromatic carbocycles. The number of hydrogen-bond acceptors (Lipinski definition) is 5. The molecule has 0 aliphatic carbocycles. The molecule has 0 aliphatic rings. The summed E-state index contributed by atoms with van der Waals surface area (Å²) in [6.07, 6.45) is 2.04. The highest BCUT2D eigenvalue weighted by Gasteiger charge is 2.17. The van der Waals surface area contributed by atoms with Crippen LogP contribution in [-0.2, 0) is 14.3 Å². The third-order valence-electron chi connectivity index (χ3n) is 3.22. The van der Waals surface area contributed by atoms with Crippen LogP contribution in [0.3, 0.4) is 0 Å². The number of amides is 1. The molecule has 0 fully saturated rings. The van der Waals surface area contributed by atoms with Gasteiger partial charge >= 0.3 is 5.97 Å².